The van der Waals surface area contributed by atoms with E-state index in [2.05, 4.69) is 26.1 Å². The molecule has 1 rings (SSSR count). The Morgan fingerprint density at radius 1 is 1.35 bits per heavy atom. The smallest absolute Gasteiger partial charge is 0.312 e. The van der Waals surface area contributed by atoms with Gasteiger partial charge in [-0.25, -0.2) is 4.79 Å². The lowest BCUT2D eigenvalue weighted by molar-refractivity contribution is 0.172. The number of carbonyl (C=O) groups excluding carboxylic acids is 1. The predicted octanol–water partition coefficient (Wildman–Crippen LogP) is 3.38. The van der Waals surface area contributed by atoms with Crippen LogP contribution in [0.3, 0.4) is 0 Å². The third-order valence-corrected chi connectivity index (χ3v) is 3.86. The molecule has 0 radical (unpaired) electrons. The number of benzene rings is 1. The lowest BCUT2D eigenvalue weighted by Gasteiger charge is -2.31. The summed E-state index contributed by atoms with van der Waals surface area (Å²) in [6.45, 7) is 7.37. The van der Waals surface area contributed by atoms with Crippen LogP contribution in [0.5, 0.6) is 5.75 Å². The maximum atomic E-state index is 11.2. The number of nitrogens with one attached hydrogen (secondary N) is 1. The molecule has 6 heteroatoms. The highest BCUT2D eigenvalue weighted by Gasteiger charge is 2.26. The highest BCUT2D eigenvalue weighted by molar-refractivity contribution is 6.32. The molecule has 3 N–H and O–H groups in total. The minimum absolute atomic E-state index is 0.0810. The van der Waals surface area contributed by atoms with Gasteiger partial charge in [0.05, 0.1) is 11.6 Å². The number of methoxy groups -OCH3 is 1. The van der Waals surface area contributed by atoms with E-state index in [0.29, 0.717) is 30.4 Å². The average Bonchev–Trinajstić information content (AvgIpc) is 2.44. The van der Waals surface area contributed by atoms with Crippen LogP contribution in [-0.2, 0) is 11.2 Å². The Kier molecular flexibility index (Phi) is 7.65. The first kappa shape index (κ1) is 19.6. The lowest BCUT2D eigenvalue weighted by atomic mass is 9.83. The van der Waals surface area contributed by atoms with E-state index in [1.807, 2.05) is 18.2 Å². The van der Waals surface area contributed by atoms with Gasteiger partial charge >= 0.3 is 6.03 Å². The van der Waals surface area contributed by atoms with Gasteiger partial charge in [0.1, 0.15) is 5.75 Å². The van der Waals surface area contributed by atoms with Crippen LogP contribution in [0.25, 0.3) is 0 Å². The van der Waals surface area contributed by atoms with Crippen molar-refractivity contribution in [1.29, 1.82) is 0 Å². The minimum Gasteiger partial charge on any atom is -0.492 e. The summed E-state index contributed by atoms with van der Waals surface area (Å²) in [5.74, 6) is 0.645. The van der Waals surface area contributed by atoms with Gasteiger partial charge in [0.2, 0.25) is 0 Å². The van der Waals surface area contributed by atoms with Gasteiger partial charge in [0.15, 0.2) is 0 Å². The first-order valence-corrected chi connectivity index (χ1v) is 8.08. The van der Waals surface area contributed by atoms with E-state index in [-0.39, 0.29) is 11.5 Å². The second kappa shape index (κ2) is 8.99. The molecule has 1 atom stereocenters. The van der Waals surface area contributed by atoms with E-state index in [1.54, 1.807) is 7.11 Å². The number of primary amides is 1. The number of ether oxygens (including phenoxy) is 2. The number of carbonyl (C=O) groups is 1. The number of amides is 2. The van der Waals surface area contributed by atoms with Gasteiger partial charge in [-0.3, -0.25) is 0 Å². The molecule has 0 saturated carbocycles. The number of halogens is 1. The normalized spacial score (nSPS) is 12.7. The van der Waals surface area contributed by atoms with Crippen molar-refractivity contribution in [1.82, 2.24) is 5.32 Å². The Morgan fingerprint density at radius 2 is 2.04 bits per heavy atom. The van der Waals surface area contributed by atoms with Crippen LogP contribution in [0.1, 0.15) is 32.8 Å². The average molecular weight is 343 g/mol. The summed E-state index contributed by atoms with van der Waals surface area (Å²) < 4.78 is 10.7. The van der Waals surface area contributed by atoms with Crippen LogP contribution in [0.15, 0.2) is 18.2 Å². The van der Waals surface area contributed by atoms with Gasteiger partial charge in [-0.05, 0) is 29.5 Å². The molecule has 1 aromatic carbocycles. The van der Waals surface area contributed by atoms with Crippen LogP contribution in [0.4, 0.5) is 4.79 Å². The third-order valence-electron chi connectivity index (χ3n) is 3.55. The molecular weight excluding hydrogens is 316 g/mol. The second-order valence-corrected chi connectivity index (χ2v) is 7.00. The Labute approximate surface area is 143 Å². The molecule has 130 valence electrons. The fraction of sp³-hybridized carbons (Fsp3) is 0.588. The predicted molar refractivity (Wildman–Crippen MR) is 93.1 cm³/mol. The number of hydrogen-bond acceptors (Lipinski definition) is 3. The SMILES string of the molecule is COCCCOc1cc(CC(NC(N)=O)C(C)(C)C)ccc1Cl. The monoisotopic (exact) mass is 342 g/mol. The molecule has 23 heavy (non-hydrogen) atoms. The summed E-state index contributed by atoms with van der Waals surface area (Å²) in [7, 11) is 1.66. The van der Waals surface area contributed by atoms with Crippen molar-refractivity contribution in [2.45, 2.75) is 39.7 Å². The number of rotatable bonds is 8. The molecule has 0 heterocycles. The second-order valence-electron chi connectivity index (χ2n) is 6.59. The highest BCUT2D eigenvalue weighted by Crippen LogP contribution is 2.28. The largest absolute Gasteiger partial charge is 0.492 e. The minimum atomic E-state index is -0.519. The molecule has 1 unspecified atom stereocenters. The van der Waals surface area contributed by atoms with Crippen LogP contribution in [0, 0.1) is 5.41 Å². The molecule has 0 fully saturated rings. The summed E-state index contributed by atoms with van der Waals surface area (Å²) in [5, 5.41) is 3.38. The van der Waals surface area contributed by atoms with Gasteiger partial charge in [0, 0.05) is 26.2 Å². The fourth-order valence-corrected chi connectivity index (χ4v) is 2.32. The van der Waals surface area contributed by atoms with Crippen LogP contribution >= 0.6 is 11.6 Å². The van der Waals surface area contributed by atoms with Crippen LogP contribution < -0.4 is 15.8 Å². The van der Waals surface area contributed by atoms with Crippen LogP contribution in [0.2, 0.25) is 5.02 Å². The molecule has 0 aliphatic rings. The van der Waals surface area contributed by atoms with Crippen molar-refractivity contribution in [2.75, 3.05) is 20.3 Å². The Balaban J connectivity index is 2.80. The van der Waals surface area contributed by atoms with Gasteiger partial charge in [0.25, 0.3) is 0 Å². The Morgan fingerprint density at radius 3 is 2.61 bits per heavy atom. The third kappa shape index (κ3) is 7.10. The standard InChI is InChI=1S/C17H27ClN2O3/c1-17(2,3)15(20-16(19)21)11-12-6-7-13(18)14(10-12)23-9-5-8-22-4/h6-7,10,15H,5,8-9,11H2,1-4H3,(H3,19,20,21). The molecule has 0 aliphatic heterocycles. The number of urea groups is 1. The summed E-state index contributed by atoms with van der Waals surface area (Å²) >= 11 is 6.17. The molecule has 0 aromatic heterocycles. The topological polar surface area (TPSA) is 73.6 Å². The van der Waals surface area contributed by atoms with Gasteiger partial charge in [-0.15, -0.1) is 0 Å². The van der Waals surface area contributed by atoms with E-state index in [4.69, 9.17) is 26.8 Å². The quantitative estimate of drug-likeness (QED) is 0.711. The zero-order chi connectivity index (χ0) is 17.5. The maximum Gasteiger partial charge on any atom is 0.312 e. The Hall–Kier alpha value is -1.46. The van der Waals surface area contributed by atoms with Crippen molar-refractivity contribution in [2.24, 2.45) is 11.1 Å². The Bertz CT molecular complexity index is 515. The molecule has 0 spiro atoms. The zero-order valence-corrected chi connectivity index (χ0v) is 15.1. The molecular formula is C17H27ClN2O3. The van der Waals surface area contributed by atoms with E-state index < -0.39 is 6.03 Å². The maximum absolute atomic E-state index is 11.2. The van der Waals surface area contributed by atoms with Crippen molar-refractivity contribution in [3.63, 3.8) is 0 Å². The summed E-state index contributed by atoms with van der Waals surface area (Å²) in [6.07, 6.45) is 1.45. The molecule has 5 nitrogen and oxygen atoms in total. The molecule has 2 amide bonds. The van der Waals surface area contributed by atoms with Gasteiger partial charge in [-0.2, -0.15) is 0 Å². The van der Waals surface area contributed by atoms with E-state index in [1.165, 1.54) is 0 Å². The summed E-state index contributed by atoms with van der Waals surface area (Å²) in [4.78, 5) is 11.2. The number of nitrogens with two attached hydrogens (primary N) is 1. The van der Waals surface area contributed by atoms with Crippen molar-refractivity contribution >= 4 is 17.6 Å². The molecule has 0 saturated heterocycles. The highest BCUT2D eigenvalue weighted by atomic mass is 35.5. The first-order chi connectivity index (χ1) is 10.7. The molecule has 0 bridgehead atoms. The van der Waals surface area contributed by atoms with Crippen LogP contribution in [-0.4, -0.2) is 32.4 Å². The number of hydrogen-bond donors (Lipinski definition) is 2. The van der Waals surface area contributed by atoms with Crippen molar-refractivity contribution < 1.29 is 14.3 Å². The lowest BCUT2D eigenvalue weighted by Crippen LogP contribution is -2.47. The molecule has 1 aromatic rings. The molecule has 0 aliphatic carbocycles. The zero-order valence-electron chi connectivity index (χ0n) is 14.3. The van der Waals surface area contributed by atoms with Crippen molar-refractivity contribution in [3.8, 4) is 5.75 Å². The van der Waals surface area contributed by atoms with Gasteiger partial charge < -0.3 is 20.5 Å². The first-order valence-electron chi connectivity index (χ1n) is 7.70. The van der Waals surface area contributed by atoms with E-state index in [0.717, 1.165) is 12.0 Å². The van der Waals surface area contributed by atoms with Gasteiger partial charge in [-0.1, -0.05) is 38.4 Å². The van der Waals surface area contributed by atoms with E-state index in [9.17, 15) is 4.79 Å². The van der Waals surface area contributed by atoms with E-state index >= 15 is 0 Å². The summed E-state index contributed by atoms with van der Waals surface area (Å²) in [5.41, 5.74) is 6.20. The summed E-state index contributed by atoms with van der Waals surface area (Å²) in [6, 6.07) is 5.06. The fourth-order valence-electron chi connectivity index (χ4n) is 2.15. The van der Waals surface area contributed by atoms with Crippen molar-refractivity contribution in [3.05, 3.63) is 28.8 Å².